The van der Waals surface area contributed by atoms with Gasteiger partial charge >= 0.3 is 0 Å². The number of ether oxygens (including phenoxy) is 1. The van der Waals surface area contributed by atoms with Crippen LogP contribution in [0.3, 0.4) is 0 Å². The van der Waals surface area contributed by atoms with Crippen LogP contribution >= 0.6 is 0 Å². The van der Waals surface area contributed by atoms with Crippen LogP contribution in [0, 0.1) is 0 Å². The zero-order valence-corrected chi connectivity index (χ0v) is 20.0. The second-order valence-corrected chi connectivity index (χ2v) is 8.18. The molecule has 3 heterocycles. The highest BCUT2D eigenvalue weighted by Gasteiger charge is 2.33. The standard InChI is InChI=1S/C27H24N6O4/c1-36-21-12-10-20(11-13-21)33(25(34)18-32-24-9-3-2-8-23(24)30-31-32)26(19-6-4-14-28-16-19)27(35)29-17-22-7-5-15-37-22/h2-16,26H,17-18H2,1H3,(H,29,35)/t26-/m1/s1. The van der Waals surface area contributed by atoms with Crippen LogP contribution in [0.5, 0.6) is 5.75 Å². The van der Waals surface area contributed by atoms with Crippen LogP contribution in [-0.4, -0.2) is 38.9 Å². The number of carbonyl (C=O) groups is 2. The summed E-state index contributed by atoms with van der Waals surface area (Å²) in [6, 6.07) is 20.3. The largest absolute Gasteiger partial charge is 0.497 e. The molecule has 5 rings (SSSR count). The third kappa shape index (κ3) is 5.18. The normalized spacial score (nSPS) is 11.7. The van der Waals surface area contributed by atoms with E-state index in [1.54, 1.807) is 68.0 Å². The molecule has 0 aliphatic carbocycles. The molecule has 0 aliphatic rings. The number of anilines is 1. The molecule has 0 saturated heterocycles. The summed E-state index contributed by atoms with van der Waals surface area (Å²) in [6.45, 7) is 0.0374. The number of carbonyl (C=O) groups excluding carboxylic acids is 2. The van der Waals surface area contributed by atoms with Crippen LogP contribution in [0.15, 0.2) is 95.9 Å². The lowest BCUT2D eigenvalue weighted by Crippen LogP contribution is -2.45. The first-order valence-electron chi connectivity index (χ1n) is 11.6. The lowest BCUT2D eigenvalue weighted by molar-refractivity contribution is -0.127. The van der Waals surface area contributed by atoms with Crippen molar-refractivity contribution in [3.63, 3.8) is 0 Å². The van der Waals surface area contributed by atoms with Crippen molar-refractivity contribution in [1.29, 1.82) is 0 Å². The third-order valence-electron chi connectivity index (χ3n) is 5.85. The Bertz CT molecular complexity index is 1480. The van der Waals surface area contributed by atoms with E-state index < -0.39 is 11.9 Å². The van der Waals surface area contributed by atoms with Gasteiger partial charge in [-0.05, 0) is 54.6 Å². The van der Waals surface area contributed by atoms with E-state index in [0.717, 1.165) is 0 Å². The SMILES string of the molecule is COc1ccc(N(C(=O)Cn2nnc3ccccc32)[C@@H](C(=O)NCc2ccco2)c2cccnc2)cc1. The first-order valence-corrected chi connectivity index (χ1v) is 11.6. The number of amides is 2. The van der Waals surface area contributed by atoms with Gasteiger partial charge in [0.2, 0.25) is 11.8 Å². The van der Waals surface area contributed by atoms with Crippen LogP contribution in [0.2, 0.25) is 0 Å². The molecule has 37 heavy (non-hydrogen) atoms. The number of methoxy groups -OCH3 is 1. The Morgan fingerprint density at radius 2 is 1.89 bits per heavy atom. The maximum absolute atomic E-state index is 13.9. The van der Waals surface area contributed by atoms with Crippen molar-refractivity contribution in [1.82, 2.24) is 25.3 Å². The third-order valence-corrected chi connectivity index (χ3v) is 5.85. The van der Waals surface area contributed by atoms with Crippen molar-refractivity contribution in [3.05, 3.63) is 103 Å². The van der Waals surface area contributed by atoms with Gasteiger partial charge in [0.25, 0.3) is 0 Å². The van der Waals surface area contributed by atoms with E-state index in [1.807, 2.05) is 24.3 Å². The molecule has 0 aliphatic heterocycles. The van der Waals surface area contributed by atoms with Crippen molar-refractivity contribution in [3.8, 4) is 5.75 Å². The van der Waals surface area contributed by atoms with Crippen LogP contribution in [0.25, 0.3) is 11.0 Å². The lowest BCUT2D eigenvalue weighted by atomic mass is 10.0. The zero-order valence-electron chi connectivity index (χ0n) is 20.0. The Morgan fingerprint density at radius 1 is 1.05 bits per heavy atom. The number of para-hydroxylation sites is 1. The Morgan fingerprint density at radius 3 is 2.62 bits per heavy atom. The average molecular weight is 497 g/mol. The van der Waals surface area contributed by atoms with Gasteiger partial charge in [0.05, 0.1) is 25.4 Å². The van der Waals surface area contributed by atoms with Crippen molar-refractivity contribution in [2.24, 2.45) is 0 Å². The summed E-state index contributed by atoms with van der Waals surface area (Å²) >= 11 is 0. The summed E-state index contributed by atoms with van der Waals surface area (Å²) in [4.78, 5) is 33.3. The topological polar surface area (TPSA) is 115 Å². The van der Waals surface area contributed by atoms with E-state index >= 15 is 0 Å². The van der Waals surface area contributed by atoms with Gasteiger partial charge in [0.1, 0.15) is 29.6 Å². The molecule has 3 aromatic heterocycles. The molecule has 1 N–H and O–H groups in total. The molecule has 2 amide bonds. The molecule has 0 bridgehead atoms. The van der Waals surface area contributed by atoms with Crippen LogP contribution in [0.4, 0.5) is 5.69 Å². The number of benzene rings is 2. The van der Waals surface area contributed by atoms with E-state index in [9.17, 15) is 9.59 Å². The number of furan rings is 1. The summed E-state index contributed by atoms with van der Waals surface area (Å²) < 4.78 is 12.2. The number of fused-ring (bicyclic) bond motifs is 1. The van der Waals surface area contributed by atoms with Crippen LogP contribution < -0.4 is 15.0 Å². The number of nitrogens with one attached hydrogen (secondary N) is 1. The number of pyridine rings is 1. The summed E-state index contributed by atoms with van der Waals surface area (Å²) in [5.41, 5.74) is 2.45. The van der Waals surface area contributed by atoms with Gasteiger partial charge in [-0.3, -0.25) is 19.5 Å². The van der Waals surface area contributed by atoms with E-state index in [0.29, 0.717) is 33.8 Å². The van der Waals surface area contributed by atoms with Crippen molar-refractivity contribution in [2.75, 3.05) is 12.0 Å². The molecule has 186 valence electrons. The summed E-state index contributed by atoms with van der Waals surface area (Å²) in [6.07, 6.45) is 4.73. The maximum Gasteiger partial charge on any atom is 0.249 e. The molecule has 0 unspecified atom stereocenters. The highest BCUT2D eigenvalue weighted by Crippen LogP contribution is 2.30. The molecule has 2 aromatic carbocycles. The molecule has 0 radical (unpaired) electrons. The molecule has 0 saturated carbocycles. The fourth-order valence-electron chi connectivity index (χ4n) is 4.06. The van der Waals surface area contributed by atoms with Gasteiger partial charge < -0.3 is 14.5 Å². The number of nitrogens with zero attached hydrogens (tertiary/aromatic N) is 5. The fourth-order valence-corrected chi connectivity index (χ4v) is 4.06. The minimum Gasteiger partial charge on any atom is -0.497 e. The van der Waals surface area contributed by atoms with Gasteiger partial charge in [0.15, 0.2) is 0 Å². The number of rotatable bonds is 9. The molecule has 10 nitrogen and oxygen atoms in total. The average Bonchev–Trinajstić information content (AvgIpc) is 3.61. The quantitative estimate of drug-likeness (QED) is 0.332. The molecule has 1 atom stereocenters. The highest BCUT2D eigenvalue weighted by molar-refractivity contribution is 6.01. The van der Waals surface area contributed by atoms with Gasteiger partial charge in [-0.25, -0.2) is 4.68 Å². The zero-order chi connectivity index (χ0) is 25.6. The lowest BCUT2D eigenvalue weighted by Gasteiger charge is -2.31. The molecule has 10 heteroatoms. The minimum atomic E-state index is -1.01. The van der Waals surface area contributed by atoms with E-state index in [-0.39, 0.29) is 19.0 Å². The first-order chi connectivity index (χ1) is 18.1. The van der Waals surface area contributed by atoms with Crippen molar-refractivity contribution >= 4 is 28.5 Å². The first kappa shape index (κ1) is 23.7. The van der Waals surface area contributed by atoms with Gasteiger partial charge in [-0.15, -0.1) is 5.10 Å². The number of hydrogen-bond donors (Lipinski definition) is 1. The monoisotopic (exact) mass is 496 g/mol. The van der Waals surface area contributed by atoms with Gasteiger partial charge in [-0.2, -0.15) is 0 Å². The Labute approximate surface area is 212 Å². The molecule has 0 spiro atoms. The smallest absolute Gasteiger partial charge is 0.249 e. The minimum absolute atomic E-state index is 0.130. The molecule has 0 fully saturated rings. The fraction of sp³-hybridized carbons (Fsp3) is 0.148. The molecular formula is C27H24N6O4. The number of hydrogen-bond acceptors (Lipinski definition) is 7. The Hall–Kier alpha value is -4.99. The second-order valence-electron chi connectivity index (χ2n) is 8.18. The number of aromatic nitrogens is 4. The Kier molecular flexibility index (Phi) is 6.89. The van der Waals surface area contributed by atoms with Crippen molar-refractivity contribution in [2.45, 2.75) is 19.1 Å². The van der Waals surface area contributed by atoms with Crippen LogP contribution in [0.1, 0.15) is 17.4 Å². The van der Waals surface area contributed by atoms with Crippen LogP contribution in [-0.2, 0) is 22.7 Å². The summed E-state index contributed by atoms with van der Waals surface area (Å²) in [5.74, 6) is 0.466. The van der Waals surface area contributed by atoms with E-state index in [1.165, 1.54) is 15.8 Å². The predicted octanol–water partition coefficient (Wildman–Crippen LogP) is 3.52. The van der Waals surface area contributed by atoms with Crippen molar-refractivity contribution < 1.29 is 18.7 Å². The summed E-state index contributed by atoms with van der Waals surface area (Å²) in [7, 11) is 1.56. The van der Waals surface area contributed by atoms with E-state index in [2.05, 4.69) is 20.6 Å². The second kappa shape index (κ2) is 10.7. The molecule has 5 aromatic rings. The Balaban J connectivity index is 1.54. The van der Waals surface area contributed by atoms with E-state index in [4.69, 9.17) is 9.15 Å². The highest BCUT2D eigenvalue weighted by atomic mass is 16.5. The van der Waals surface area contributed by atoms with Gasteiger partial charge in [-0.1, -0.05) is 23.4 Å². The predicted molar refractivity (Wildman–Crippen MR) is 136 cm³/mol. The molecular weight excluding hydrogens is 472 g/mol. The summed E-state index contributed by atoms with van der Waals surface area (Å²) in [5, 5.41) is 11.2. The van der Waals surface area contributed by atoms with Gasteiger partial charge in [0, 0.05) is 23.6 Å². The maximum atomic E-state index is 13.9.